The molecule has 1 unspecified atom stereocenters. The maximum atomic E-state index is 4.35. The van der Waals surface area contributed by atoms with Crippen LogP contribution in [0, 0.1) is 0 Å². The molecule has 2 heterocycles. The lowest BCUT2D eigenvalue weighted by Crippen LogP contribution is -2.12. The molecule has 0 amide bonds. The van der Waals surface area contributed by atoms with Crippen molar-refractivity contribution in [3.63, 3.8) is 0 Å². The van der Waals surface area contributed by atoms with Gasteiger partial charge in [-0.1, -0.05) is 81.1 Å². The molecule has 0 aliphatic rings. The van der Waals surface area contributed by atoms with E-state index in [1.807, 2.05) is 36.4 Å². The number of hydrogen-bond acceptors (Lipinski definition) is 4. The molecule has 2 aromatic carbocycles. The van der Waals surface area contributed by atoms with Gasteiger partial charge in [-0.3, -0.25) is 4.40 Å². The summed E-state index contributed by atoms with van der Waals surface area (Å²) in [5.74, 6) is 0.770. The highest BCUT2D eigenvalue weighted by atomic mass is 32.2. The highest BCUT2D eigenvalue weighted by Crippen LogP contribution is 2.29. The molecule has 0 bridgehead atoms. The van der Waals surface area contributed by atoms with Crippen LogP contribution in [0.3, 0.4) is 0 Å². The van der Waals surface area contributed by atoms with E-state index in [0.29, 0.717) is 0 Å². The van der Waals surface area contributed by atoms with Gasteiger partial charge in [0.25, 0.3) is 0 Å². The van der Waals surface area contributed by atoms with Gasteiger partial charge in [0, 0.05) is 16.0 Å². The number of pyridine rings is 1. The van der Waals surface area contributed by atoms with Crippen LogP contribution in [0.4, 0.5) is 5.95 Å². The Morgan fingerprint density at radius 2 is 1.54 bits per heavy atom. The zero-order chi connectivity index (χ0) is 19.8. The Morgan fingerprint density at radius 3 is 2.21 bits per heavy atom. The fourth-order valence-corrected chi connectivity index (χ4v) is 3.78. The first-order valence-electron chi connectivity index (χ1n) is 9.72. The van der Waals surface area contributed by atoms with Gasteiger partial charge in [-0.05, 0) is 36.2 Å². The van der Waals surface area contributed by atoms with Gasteiger partial charge in [0.15, 0.2) is 5.65 Å². The number of anilines is 1. The number of aromatic nitrogens is 3. The minimum atomic E-state index is 0.203. The van der Waals surface area contributed by atoms with Crippen LogP contribution in [-0.2, 0) is 0 Å². The van der Waals surface area contributed by atoms with Gasteiger partial charge in [-0.2, -0.15) is 0 Å². The zero-order valence-electron chi connectivity index (χ0n) is 16.5. The number of benzene rings is 2. The minimum Gasteiger partial charge on any atom is -0.347 e. The summed E-state index contributed by atoms with van der Waals surface area (Å²) in [4.78, 5) is 2.37. The van der Waals surface area contributed by atoms with E-state index < -0.39 is 0 Å². The lowest BCUT2D eigenvalue weighted by atomic mass is 10.1. The Hall–Kier alpha value is -2.79. The number of nitrogens with one attached hydrogen (secondary N) is 1. The third kappa shape index (κ3) is 4.73. The Balaban J connectivity index is 0.00000109. The summed E-state index contributed by atoms with van der Waals surface area (Å²) in [6, 6.07) is 25.1. The molecule has 0 aliphatic carbocycles. The Labute approximate surface area is 171 Å². The van der Waals surface area contributed by atoms with Crippen molar-refractivity contribution >= 4 is 23.4 Å². The zero-order valence-corrected chi connectivity index (χ0v) is 17.4. The van der Waals surface area contributed by atoms with Crippen LogP contribution in [0.25, 0.3) is 5.65 Å². The molecule has 0 fully saturated rings. The smallest absolute Gasteiger partial charge is 0.229 e. The third-order valence-electron chi connectivity index (χ3n) is 4.27. The maximum absolute atomic E-state index is 4.35. The lowest BCUT2D eigenvalue weighted by molar-refractivity contribution is 0.736. The van der Waals surface area contributed by atoms with Crippen LogP contribution in [0.15, 0.2) is 88.8 Å². The molecule has 0 saturated heterocycles. The SMILES string of the molecule is CC.CCC(Nc1nnc2ccc(Sc3ccccc3)cn12)c1ccccc1. The number of fused-ring (bicyclic) bond motifs is 1. The van der Waals surface area contributed by atoms with E-state index in [1.54, 1.807) is 11.8 Å². The van der Waals surface area contributed by atoms with Crippen LogP contribution in [-0.4, -0.2) is 14.6 Å². The fraction of sp³-hybridized carbons (Fsp3) is 0.217. The van der Waals surface area contributed by atoms with E-state index in [0.717, 1.165) is 22.9 Å². The molecule has 5 heteroatoms. The average molecular weight is 391 g/mol. The van der Waals surface area contributed by atoms with Gasteiger partial charge in [0.2, 0.25) is 5.95 Å². The van der Waals surface area contributed by atoms with Gasteiger partial charge in [0.1, 0.15) is 0 Å². The standard InChI is InChI=1S/C21H20N4S.C2H6/c1-2-19(16-9-5-3-6-10-16)22-21-24-23-20-14-13-18(15-25(20)21)26-17-11-7-4-8-12-17;1-2/h3-15,19H,2H2,1H3,(H,22,24);1-2H3. The van der Waals surface area contributed by atoms with Crippen molar-refractivity contribution in [1.29, 1.82) is 0 Å². The first-order valence-corrected chi connectivity index (χ1v) is 10.5. The van der Waals surface area contributed by atoms with E-state index in [9.17, 15) is 0 Å². The summed E-state index contributed by atoms with van der Waals surface area (Å²) in [6.07, 6.45) is 3.06. The summed E-state index contributed by atoms with van der Waals surface area (Å²) in [7, 11) is 0. The molecule has 1 atom stereocenters. The number of rotatable bonds is 6. The topological polar surface area (TPSA) is 42.2 Å². The average Bonchev–Trinajstić information content (AvgIpc) is 3.17. The Kier molecular flexibility index (Phi) is 7.09. The predicted molar refractivity (Wildman–Crippen MR) is 118 cm³/mol. The van der Waals surface area contributed by atoms with Crippen LogP contribution in [0.1, 0.15) is 38.8 Å². The van der Waals surface area contributed by atoms with Crippen molar-refractivity contribution in [2.45, 2.75) is 43.0 Å². The summed E-state index contributed by atoms with van der Waals surface area (Å²) >= 11 is 1.73. The van der Waals surface area contributed by atoms with E-state index in [2.05, 4.69) is 83.2 Å². The first-order chi connectivity index (χ1) is 13.8. The van der Waals surface area contributed by atoms with Gasteiger partial charge in [-0.15, -0.1) is 10.2 Å². The van der Waals surface area contributed by atoms with Crippen molar-refractivity contribution in [2.24, 2.45) is 0 Å². The second-order valence-corrected chi connectivity index (χ2v) is 7.19. The van der Waals surface area contributed by atoms with Crippen molar-refractivity contribution in [3.8, 4) is 0 Å². The number of hydrogen-bond donors (Lipinski definition) is 1. The molecule has 0 radical (unpaired) electrons. The van der Waals surface area contributed by atoms with Crippen LogP contribution < -0.4 is 5.32 Å². The van der Waals surface area contributed by atoms with Crippen LogP contribution >= 0.6 is 11.8 Å². The normalized spacial score (nSPS) is 11.5. The largest absolute Gasteiger partial charge is 0.347 e. The molecule has 0 aliphatic heterocycles. The van der Waals surface area contributed by atoms with Crippen molar-refractivity contribution < 1.29 is 0 Å². The molecule has 2 aromatic heterocycles. The van der Waals surface area contributed by atoms with Crippen molar-refractivity contribution in [3.05, 3.63) is 84.6 Å². The van der Waals surface area contributed by atoms with Gasteiger partial charge >= 0.3 is 0 Å². The van der Waals surface area contributed by atoms with Gasteiger partial charge in [0.05, 0.1) is 6.04 Å². The predicted octanol–water partition coefficient (Wildman–Crippen LogP) is 6.47. The lowest BCUT2D eigenvalue weighted by Gasteiger charge is -2.17. The van der Waals surface area contributed by atoms with Crippen molar-refractivity contribution in [2.75, 3.05) is 5.32 Å². The quantitative estimate of drug-likeness (QED) is 0.410. The highest BCUT2D eigenvalue weighted by Gasteiger charge is 2.13. The summed E-state index contributed by atoms with van der Waals surface area (Å²) in [6.45, 7) is 6.17. The third-order valence-corrected chi connectivity index (χ3v) is 5.25. The van der Waals surface area contributed by atoms with E-state index in [4.69, 9.17) is 0 Å². The monoisotopic (exact) mass is 390 g/mol. The highest BCUT2D eigenvalue weighted by molar-refractivity contribution is 7.99. The molecule has 0 saturated carbocycles. The number of nitrogens with zero attached hydrogens (tertiary/aromatic N) is 3. The Bertz CT molecular complexity index is 983. The van der Waals surface area contributed by atoms with Crippen molar-refractivity contribution in [1.82, 2.24) is 14.6 Å². The molecule has 1 N–H and O–H groups in total. The molecular formula is C23H26N4S. The summed E-state index contributed by atoms with van der Waals surface area (Å²) < 4.78 is 2.02. The molecule has 4 aromatic rings. The summed E-state index contributed by atoms with van der Waals surface area (Å²) in [5, 5.41) is 12.2. The van der Waals surface area contributed by atoms with Gasteiger partial charge in [-0.25, -0.2) is 0 Å². The Morgan fingerprint density at radius 1 is 0.857 bits per heavy atom. The molecular weight excluding hydrogens is 364 g/mol. The van der Waals surface area contributed by atoms with Crippen LogP contribution in [0.5, 0.6) is 0 Å². The fourth-order valence-electron chi connectivity index (χ4n) is 2.92. The first kappa shape index (κ1) is 20.0. The maximum Gasteiger partial charge on any atom is 0.229 e. The van der Waals surface area contributed by atoms with E-state index in [-0.39, 0.29) is 6.04 Å². The molecule has 28 heavy (non-hydrogen) atoms. The van der Waals surface area contributed by atoms with E-state index >= 15 is 0 Å². The minimum absolute atomic E-state index is 0.203. The summed E-state index contributed by atoms with van der Waals surface area (Å²) in [5.41, 5.74) is 2.09. The molecule has 144 valence electrons. The second kappa shape index (κ2) is 9.95. The van der Waals surface area contributed by atoms with Crippen LogP contribution in [0.2, 0.25) is 0 Å². The van der Waals surface area contributed by atoms with E-state index in [1.165, 1.54) is 10.5 Å². The second-order valence-electron chi connectivity index (χ2n) is 6.05. The molecule has 4 rings (SSSR count). The molecule has 4 nitrogen and oxygen atoms in total. The van der Waals surface area contributed by atoms with Gasteiger partial charge < -0.3 is 5.32 Å². The molecule has 0 spiro atoms.